The highest BCUT2D eigenvalue weighted by atomic mass is 19.4. The van der Waals surface area contributed by atoms with Gasteiger partial charge in [-0.25, -0.2) is 14.0 Å². The first kappa shape index (κ1) is 14.7. The van der Waals surface area contributed by atoms with Gasteiger partial charge in [-0.05, 0) is 18.2 Å². The summed E-state index contributed by atoms with van der Waals surface area (Å²) in [6, 6.07) is 2.44. The third kappa shape index (κ3) is 4.82. The molecule has 1 rings (SSSR count). The van der Waals surface area contributed by atoms with Crippen LogP contribution in [-0.4, -0.2) is 30.0 Å². The van der Waals surface area contributed by atoms with Gasteiger partial charge >= 0.3 is 18.2 Å². The maximum absolute atomic E-state index is 13.2. The lowest BCUT2D eigenvalue weighted by atomic mass is 10.2. The number of carboxylic acid groups (broad SMARTS) is 1. The number of halogens is 4. The molecule has 0 saturated carbocycles. The number of carboxylic acids is 1. The maximum Gasteiger partial charge on any atom is 0.422 e. The third-order valence-electron chi connectivity index (χ3n) is 1.82. The number of hydrogen-bond acceptors (Lipinski definition) is 3. The molecule has 0 aliphatic carbocycles. The second-order valence-corrected chi connectivity index (χ2v) is 3.32. The second kappa shape index (κ2) is 5.55. The Hall–Kier alpha value is -2.32. The first-order chi connectivity index (χ1) is 8.69. The monoisotopic (exact) mass is 281 g/mol. The van der Waals surface area contributed by atoms with Gasteiger partial charge in [0.15, 0.2) is 6.61 Å². The molecule has 0 heterocycles. The second-order valence-electron chi connectivity index (χ2n) is 3.32. The van der Waals surface area contributed by atoms with Gasteiger partial charge in [0.25, 0.3) is 0 Å². The Labute approximate surface area is 103 Å². The molecule has 104 valence electrons. The molecule has 0 bridgehead atoms. The summed E-state index contributed by atoms with van der Waals surface area (Å²) in [6.07, 6.45) is -6.25. The van der Waals surface area contributed by atoms with Crippen molar-refractivity contribution < 1.29 is 37.0 Å². The highest BCUT2D eigenvalue weighted by molar-refractivity contribution is 5.91. The van der Waals surface area contributed by atoms with E-state index in [4.69, 9.17) is 5.11 Å². The van der Waals surface area contributed by atoms with Crippen LogP contribution in [0.3, 0.4) is 0 Å². The summed E-state index contributed by atoms with van der Waals surface area (Å²) in [7, 11) is 0. The normalized spacial score (nSPS) is 10.9. The number of hydrogen-bond donors (Lipinski definition) is 2. The SMILES string of the molecule is O=C(Nc1cc(C(=O)O)ccc1F)OCC(F)(F)F. The van der Waals surface area contributed by atoms with Crippen molar-refractivity contribution >= 4 is 17.7 Å². The van der Waals surface area contributed by atoms with Crippen molar-refractivity contribution in [2.24, 2.45) is 0 Å². The van der Waals surface area contributed by atoms with Crippen LogP contribution in [0.25, 0.3) is 0 Å². The van der Waals surface area contributed by atoms with E-state index in [1.807, 2.05) is 0 Å². The molecule has 2 N–H and O–H groups in total. The number of amides is 1. The van der Waals surface area contributed by atoms with E-state index in [1.54, 1.807) is 5.32 Å². The zero-order chi connectivity index (χ0) is 14.6. The van der Waals surface area contributed by atoms with E-state index in [0.29, 0.717) is 0 Å². The Balaban J connectivity index is 2.73. The standard InChI is InChI=1S/C10H7F4NO4/c11-6-2-1-5(8(16)17)3-7(6)15-9(18)19-4-10(12,13)14/h1-3H,4H2,(H,15,18)(H,16,17). The summed E-state index contributed by atoms with van der Waals surface area (Å²) in [5.74, 6) is -2.39. The highest BCUT2D eigenvalue weighted by Crippen LogP contribution is 2.18. The van der Waals surface area contributed by atoms with Crippen LogP contribution in [0.1, 0.15) is 10.4 Å². The third-order valence-corrected chi connectivity index (χ3v) is 1.82. The molecule has 1 aromatic carbocycles. The van der Waals surface area contributed by atoms with Gasteiger partial charge in [-0.1, -0.05) is 0 Å². The van der Waals surface area contributed by atoms with Crippen molar-refractivity contribution in [3.8, 4) is 0 Å². The minimum atomic E-state index is -4.71. The molecular formula is C10H7F4NO4. The van der Waals surface area contributed by atoms with Crippen LogP contribution in [0.15, 0.2) is 18.2 Å². The van der Waals surface area contributed by atoms with Crippen molar-refractivity contribution in [3.05, 3.63) is 29.6 Å². The van der Waals surface area contributed by atoms with E-state index in [1.165, 1.54) is 0 Å². The number of rotatable bonds is 3. The van der Waals surface area contributed by atoms with Crippen molar-refractivity contribution in [1.29, 1.82) is 0 Å². The van der Waals surface area contributed by atoms with E-state index >= 15 is 0 Å². The van der Waals surface area contributed by atoms with Crippen LogP contribution in [0.2, 0.25) is 0 Å². The molecule has 0 radical (unpaired) electrons. The van der Waals surface area contributed by atoms with Gasteiger partial charge in [0.2, 0.25) is 0 Å². The van der Waals surface area contributed by atoms with Crippen LogP contribution in [0, 0.1) is 5.82 Å². The van der Waals surface area contributed by atoms with Gasteiger partial charge in [0.05, 0.1) is 11.3 Å². The molecule has 0 aliphatic rings. The molecule has 1 amide bonds. The van der Waals surface area contributed by atoms with Gasteiger partial charge in [0, 0.05) is 0 Å². The van der Waals surface area contributed by atoms with Crippen molar-refractivity contribution in [3.63, 3.8) is 0 Å². The average molecular weight is 281 g/mol. The number of carbonyl (C=O) groups excluding carboxylic acids is 1. The van der Waals surface area contributed by atoms with E-state index in [0.717, 1.165) is 18.2 Å². The van der Waals surface area contributed by atoms with Gasteiger partial charge in [-0.3, -0.25) is 5.32 Å². The molecule has 0 aliphatic heterocycles. The van der Waals surface area contributed by atoms with Gasteiger partial charge in [-0.2, -0.15) is 13.2 Å². The number of alkyl halides is 3. The molecule has 1 aromatic rings. The number of aromatic carboxylic acids is 1. The quantitative estimate of drug-likeness (QED) is 0.835. The number of ether oxygens (including phenoxy) is 1. The Kier molecular flexibility index (Phi) is 4.30. The lowest BCUT2D eigenvalue weighted by Crippen LogP contribution is -2.23. The van der Waals surface area contributed by atoms with Gasteiger partial charge in [-0.15, -0.1) is 0 Å². The fourth-order valence-corrected chi connectivity index (χ4v) is 1.05. The Morgan fingerprint density at radius 2 is 1.95 bits per heavy atom. The van der Waals surface area contributed by atoms with Crippen molar-refractivity contribution in [1.82, 2.24) is 0 Å². The van der Waals surface area contributed by atoms with Gasteiger partial charge < -0.3 is 9.84 Å². The molecule has 0 saturated heterocycles. The van der Waals surface area contributed by atoms with E-state index < -0.39 is 36.4 Å². The molecule has 0 unspecified atom stereocenters. The summed E-state index contributed by atoms with van der Waals surface area (Å²) in [4.78, 5) is 21.5. The summed E-state index contributed by atoms with van der Waals surface area (Å²) >= 11 is 0. The van der Waals surface area contributed by atoms with Crippen LogP contribution < -0.4 is 5.32 Å². The number of carbonyl (C=O) groups is 2. The van der Waals surface area contributed by atoms with E-state index in [9.17, 15) is 27.2 Å². The minimum absolute atomic E-state index is 0.340. The van der Waals surface area contributed by atoms with Crippen molar-refractivity contribution in [2.45, 2.75) is 6.18 Å². The number of anilines is 1. The highest BCUT2D eigenvalue weighted by Gasteiger charge is 2.29. The van der Waals surface area contributed by atoms with Gasteiger partial charge in [0.1, 0.15) is 5.82 Å². The summed E-state index contributed by atoms with van der Waals surface area (Å²) in [6.45, 7) is -1.83. The zero-order valence-electron chi connectivity index (χ0n) is 9.12. The first-order valence-electron chi connectivity index (χ1n) is 4.72. The molecule has 9 heteroatoms. The Bertz CT molecular complexity index is 501. The molecule has 0 fully saturated rings. The topological polar surface area (TPSA) is 75.6 Å². The lowest BCUT2D eigenvalue weighted by molar-refractivity contribution is -0.159. The molecule has 5 nitrogen and oxygen atoms in total. The minimum Gasteiger partial charge on any atom is -0.478 e. The Morgan fingerprint density at radius 3 is 2.47 bits per heavy atom. The average Bonchev–Trinajstić information content (AvgIpc) is 2.28. The first-order valence-corrected chi connectivity index (χ1v) is 4.72. The van der Waals surface area contributed by atoms with Crippen LogP contribution >= 0.6 is 0 Å². The van der Waals surface area contributed by atoms with E-state index in [-0.39, 0.29) is 5.56 Å². The smallest absolute Gasteiger partial charge is 0.422 e. The number of nitrogens with one attached hydrogen (secondary N) is 1. The molecule has 0 atom stereocenters. The lowest BCUT2D eigenvalue weighted by Gasteiger charge is -2.10. The Morgan fingerprint density at radius 1 is 1.32 bits per heavy atom. The predicted molar refractivity (Wildman–Crippen MR) is 54.4 cm³/mol. The van der Waals surface area contributed by atoms with Crippen LogP contribution in [-0.2, 0) is 4.74 Å². The van der Waals surface area contributed by atoms with Crippen molar-refractivity contribution in [2.75, 3.05) is 11.9 Å². The summed E-state index contributed by atoms with van der Waals surface area (Å²) < 4.78 is 52.2. The summed E-state index contributed by atoms with van der Waals surface area (Å²) in [5, 5.41) is 10.3. The van der Waals surface area contributed by atoms with Crippen LogP contribution in [0.5, 0.6) is 0 Å². The summed E-state index contributed by atoms with van der Waals surface area (Å²) in [5.41, 5.74) is -0.931. The largest absolute Gasteiger partial charge is 0.478 e. The predicted octanol–water partition coefficient (Wildman–Crippen LogP) is 2.63. The molecule has 0 aromatic heterocycles. The molecule has 19 heavy (non-hydrogen) atoms. The number of benzene rings is 1. The fourth-order valence-electron chi connectivity index (χ4n) is 1.05. The fraction of sp³-hybridized carbons (Fsp3) is 0.200. The molecular weight excluding hydrogens is 274 g/mol. The molecule has 0 spiro atoms. The maximum atomic E-state index is 13.2. The van der Waals surface area contributed by atoms with E-state index in [2.05, 4.69) is 4.74 Å². The van der Waals surface area contributed by atoms with Crippen LogP contribution in [0.4, 0.5) is 28.0 Å². The zero-order valence-corrected chi connectivity index (χ0v) is 9.12.